The molecule has 3 atom stereocenters. The van der Waals surface area contributed by atoms with Crippen molar-refractivity contribution in [1.29, 1.82) is 0 Å². The van der Waals surface area contributed by atoms with Crippen LogP contribution in [0.5, 0.6) is 0 Å². The van der Waals surface area contributed by atoms with Gasteiger partial charge in [-0.25, -0.2) is 4.98 Å². The lowest BCUT2D eigenvalue weighted by molar-refractivity contribution is -0.117. The Labute approximate surface area is 170 Å². The number of hydrogen-bond donors (Lipinski definition) is 1. The maximum absolute atomic E-state index is 12.4. The minimum Gasteiger partial charge on any atom is -0.378 e. The fourth-order valence-electron chi connectivity index (χ4n) is 5.10. The van der Waals surface area contributed by atoms with Crippen LogP contribution >= 0.6 is 11.3 Å². The summed E-state index contributed by atoms with van der Waals surface area (Å²) in [7, 11) is 0. The van der Waals surface area contributed by atoms with Crippen molar-refractivity contribution in [3.8, 4) is 11.3 Å². The van der Waals surface area contributed by atoms with E-state index in [4.69, 9.17) is 9.72 Å². The average molecular weight is 398 g/mol. The molecule has 3 fully saturated rings. The predicted octanol–water partition coefficient (Wildman–Crippen LogP) is 4.41. The number of nitrogens with one attached hydrogen (secondary N) is 1. The van der Waals surface area contributed by atoms with E-state index < -0.39 is 0 Å². The molecule has 1 saturated heterocycles. The third-order valence-electron chi connectivity index (χ3n) is 6.57. The Morgan fingerprint density at radius 3 is 2.71 bits per heavy atom. The number of nitrogens with zero attached hydrogens (tertiary/aromatic N) is 2. The van der Waals surface area contributed by atoms with Crippen molar-refractivity contribution in [3.05, 3.63) is 29.6 Å². The summed E-state index contributed by atoms with van der Waals surface area (Å²) in [6.07, 6.45) is 6.00. The lowest BCUT2D eigenvalue weighted by atomic mass is 9.86. The first kappa shape index (κ1) is 18.1. The van der Waals surface area contributed by atoms with Crippen molar-refractivity contribution in [2.75, 3.05) is 36.5 Å². The topological polar surface area (TPSA) is 54.5 Å². The zero-order valence-corrected chi connectivity index (χ0v) is 16.9. The summed E-state index contributed by atoms with van der Waals surface area (Å²) < 4.78 is 5.41. The number of morpholine rings is 1. The molecular formula is C22H27N3O2S. The number of ether oxygens (including phenoxy) is 1. The minimum absolute atomic E-state index is 0.161. The molecule has 1 aromatic carbocycles. The van der Waals surface area contributed by atoms with Gasteiger partial charge in [0, 0.05) is 36.1 Å². The molecule has 0 spiro atoms. The Hall–Kier alpha value is -1.92. The number of carbonyl (C=O) groups is 1. The molecule has 5 nitrogen and oxygen atoms in total. The summed E-state index contributed by atoms with van der Waals surface area (Å²) in [6, 6.07) is 8.07. The van der Waals surface area contributed by atoms with Gasteiger partial charge in [0.25, 0.3) is 0 Å². The lowest BCUT2D eigenvalue weighted by Gasteiger charge is -2.26. The van der Waals surface area contributed by atoms with E-state index in [0.29, 0.717) is 12.3 Å². The third kappa shape index (κ3) is 3.80. The van der Waals surface area contributed by atoms with Crippen molar-refractivity contribution >= 4 is 28.1 Å². The molecule has 1 N–H and O–H groups in total. The molecule has 1 amide bonds. The van der Waals surface area contributed by atoms with Crippen LogP contribution in [-0.4, -0.2) is 37.2 Å². The highest BCUT2D eigenvalue weighted by atomic mass is 32.1. The SMILES string of the molecule is O=C(C[C@@H]1C[C@H]2CC[C@H]1C2)Nc1ccc(-c2csc(N3CCOCC3)n2)cc1. The van der Waals surface area contributed by atoms with Crippen LogP contribution in [0.25, 0.3) is 11.3 Å². The van der Waals surface area contributed by atoms with Crippen LogP contribution in [0.3, 0.4) is 0 Å². The number of anilines is 2. The average Bonchev–Trinajstić information content (AvgIpc) is 3.46. The first-order valence-electron chi connectivity index (χ1n) is 10.4. The Balaban J connectivity index is 1.19. The Morgan fingerprint density at radius 1 is 1.18 bits per heavy atom. The molecular weight excluding hydrogens is 370 g/mol. The Bertz CT molecular complexity index is 829. The van der Waals surface area contributed by atoms with E-state index in [1.807, 2.05) is 24.3 Å². The van der Waals surface area contributed by atoms with Crippen molar-refractivity contribution in [3.63, 3.8) is 0 Å². The molecule has 1 aliphatic heterocycles. The van der Waals surface area contributed by atoms with Gasteiger partial charge in [-0.05, 0) is 49.1 Å². The van der Waals surface area contributed by atoms with Gasteiger partial charge in [0.05, 0.1) is 18.9 Å². The van der Waals surface area contributed by atoms with Crippen molar-refractivity contribution in [1.82, 2.24) is 4.98 Å². The summed E-state index contributed by atoms with van der Waals surface area (Å²) in [5.74, 6) is 2.45. The number of rotatable bonds is 5. The van der Waals surface area contributed by atoms with Gasteiger partial charge >= 0.3 is 0 Å². The van der Waals surface area contributed by atoms with Gasteiger partial charge in [0.1, 0.15) is 0 Å². The summed E-state index contributed by atoms with van der Waals surface area (Å²) in [5.41, 5.74) is 2.95. The number of thiazole rings is 1. The van der Waals surface area contributed by atoms with E-state index in [-0.39, 0.29) is 5.91 Å². The highest BCUT2D eigenvalue weighted by Crippen LogP contribution is 2.49. The fourth-order valence-corrected chi connectivity index (χ4v) is 5.99. The molecule has 2 bridgehead atoms. The molecule has 2 aliphatic carbocycles. The Morgan fingerprint density at radius 2 is 2.00 bits per heavy atom. The maximum atomic E-state index is 12.4. The van der Waals surface area contributed by atoms with Crippen LogP contribution in [0.4, 0.5) is 10.8 Å². The van der Waals surface area contributed by atoms with Gasteiger partial charge in [-0.2, -0.15) is 0 Å². The van der Waals surface area contributed by atoms with E-state index >= 15 is 0 Å². The Kier molecular flexibility index (Phi) is 5.07. The quantitative estimate of drug-likeness (QED) is 0.812. The second-order valence-corrected chi connectivity index (χ2v) is 9.22. The summed E-state index contributed by atoms with van der Waals surface area (Å²) in [5, 5.41) is 6.25. The molecule has 2 aromatic rings. The van der Waals surface area contributed by atoms with Gasteiger partial charge in [0.2, 0.25) is 5.91 Å². The van der Waals surface area contributed by atoms with Crippen LogP contribution < -0.4 is 10.2 Å². The van der Waals surface area contributed by atoms with Gasteiger partial charge < -0.3 is 15.0 Å². The molecule has 5 rings (SSSR count). The molecule has 3 aliphatic rings. The molecule has 2 heterocycles. The largest absolute Gasteiger partial charge is 0.378 e. The molecule has 2 saturated carbocycles. The van der Waals surface area contributed by atoms with E-state index in [9.17, 15) is 4.79 Å². The number of fused-ring (bicyclic) bond motifs is 2. The molecule has 28 heavy (non-hydrogen) atoms. The van der Waals surface area contributed by atoms with Gasteiger partial charge in [0.15, 0.2) is 5.13 Å². The summed E-state index contributed by atoms with van der Waals surface area (Å²) in [4.78, 5) is 19.5. The van der Waals surface area contributed by atoms with E-state index in [1.54, 1.807) is 11.3 Å². The van der Waals surface area contributed by atoms with Crippen LogP contribution in [-0.2, 0) is 9.53 Å². The van der Waals surface area contributed by atoms with Gasteiger partial charge in [-0.1, -0.05) is 18.6 Å². The lowest BCUT2D eigenvalue weighted by Crippen LogP contribution is -2.36. The monoisotopic (exact) mass is 397 g/mol. The van der Waals surface area contributed by atoms with E-state index in [1.165, 1.54) is 25.7 Å². The van der Waals surface area contributed by atoms with Crippen molar-refractivity contribution in [2.24, 2.45) is 17.8 Å². The zero-order valence-electron chi connectivity index (χ0n) is 16.1. The second kappa shape index (κ2) is 7.84. The first-order valence-corrected chi connectivity index (χ1v) is 11.3. The molecule has 0 radical (unpaired) electrons. The van der Waals surface area contributed by atoms with Gasteiger partial charge in [-0.15, -0.1) is 11.3 Å². The number of benzene rings is 1. The zero-order chi connectivity index (χ0) is 18.9. The third-order valence-corrected chi connectivity index (χ3v) is 7.47. The number of carbonyl (C=O) groups excluding carboxylic acids is 1. The van der Waals surface area contributed by atoms with Gasteiger partial charge in [-0.3, -0.25) is 4.79 Å². The van der Waals surface area contributed by atoms with Crippen LogP contribution in [0.1, 0.15) is 32.1 Å². The summed E-state index contributed by atoms with van der Waals surface area (Å²) >= 11 is 1.68. The standard InChI is InChI=1S/C22H27N3O2S/c26-21(13-18-12-15-1-2-17(18)11-15)23-19-5-3-16(4-6-19)20-14-28-22(24-20)25-7-9-27-10-8-25/h3-6,14-15,17-18H,1-2,7-13H2,(H,23,26)/t15-,17-,18-/m0/s1. The highest BCUT2D eigenvalue weighted by Gasteiger charge is 2.40. The fraction of sp³-hybridized carbons (Fsp3) is 0.545. The minimum atomic E-state index is 0.161. The molecule has 6 heteroatoms. The number of aromatic nitrogens is 1. The van der Waals surface area contributed by atoms with Crippen LogP contribution in [0.15, 0.2) is 29.6 Å². The van der Waals surface area contributed by atoms with Crippen LogP contribution in [0, 0.1) is 17.8 Å². The van der Waals surface area contributed by atoms with Crippen LogP contribution in [0.2, 0.25) is 0 Å². The second-order valence-electron chi connectivity index (χ2n) is 8.38. The normalized spacial score (nSPS) is 26.6. The molecule has 0 unspecified atom stereocenters. The van der Waals surface area contributed by atoms with Crippen molar-refractivity contribution < 1.29 is 9.53 Å². The molecule has 1 aromatic heterocycles. The highest BCUT2D eigenvalue weighted by molar-refractivity contribution is 7.14. The summed E-state index contributed by atoms with van der Waals surface area (Å²) in [6.45, 7) is 3.35. The first-order chi connectivity index (χ1) is 13.7. The number of hydrogen-bond acceptors (Lipinski definition) is 5. The maximum Gasteiger partial charge on any atom is 0.224 e. The number of amides is 1. The predicted molar refractivity (Wildman–Crippen MR) is 113 cm³/mol. The van der Waals surface area contributed by atoms with E-state index in [2.05, 4.69) is 15.6 Å². The van der Waals surface area contributed by atoms with Crippen molar-refractivity contribution in [2.45, 2.75) is 32.1 Å². The smallest absolute Gasteiger partial charge is 0.224 e. The van der Waals surface area contributed by atoms with E-state index in [0.717, 1.165) is 60.2 Å². The molecule has 148 valence electrons.